The Morgan fingerprint density at radius 1 is 1.00 bits per heavy atom. The van der Waals surface area contributed by atoms with E-state index in [1.54, 1.807) is 0 Å². The minimum atomic E-state index is -0.178. The van der Waals surface area contributed by atoms with Gasteiger partial charge in [0.25, 0.3) is 0 Å². The van der Waals surface area contributed by atoms with Gasteiger partial charge in [0.2, 0.25) is 0 Å². The second kappa shape index (κ2) is 9.55. The second-order valence-electron chi connectivity index (χ2n) is 8.25. The first kappa shape index (κ1) is 20.1. The molecule has 0 spiro atoms. The maximum Gasteiger partial charge on any atom is 0.151 e. The van der Waals surface area contributed by atoms with Crippen LogP contribution in [0.2, 0.25) is 0 Å². The summed E-state index contributed by atoms with van der Waals surface area (Å²) < 4.78 is 5.91. The third-order valence-corrected chi connectivity index (χ3v) is 6.14. The number of nitrogens with zero attached hydrogens (tertiary/aromatic N) is 4. The number of benzene rings is 1. The molecule has 2 saturated heterocycles. The molecule has 2 aromatic rings. The van der Waals surface area contributed by atoms with Crippen LogP contribution < -0.4 is 9.64 Å². The average Bonchev–Trinajstić information content (AvgIpc) is 3.17. The quantitative estimate of drug-likeness (QED) is 0.724. The number of aromatic nitrogens is 2. The second-order valence-corrected chi connectivity index (χ2v) is 8.25. The van der Waals surface area contributed by atoms with Gasteiger partial charge in [0.15, 0.2) is 5.82 Å². The number of rotatable bonds is 7. The molecular formula is C23H32N4O2. The molecular weight excluding hydrogens is 364 g/mol. The van der Waals surface area contributed by atoms with Crippen LogP contribution in [0.1, 0.15) is 39.0 Å². The molecule has 2 aliphatic rings. The molecule has 0 radical (unpaired) electrons. The molecule has 1 aromatic carbocycles. The molecule has 6 heteroatoms. The molecule has 1 aromatic heterocycles. The molecule has 4 rings (SSSR count). The van der Waals surface area contributed by atoms with E-state index in [4.69, 9.17) is 4.74 Å². The number of hydrogen-bond acceptors (Lipinski definition) is 6. The van der Waals surface area contributed by atoms with Gasteiger partial charge in [-0.15, -0.1) is 10.2 Å². The van der Waals surface area contributed by atoms with Gasteiger partial charge in [0.1, 0.15) is 5.75 Å². The SMILES string of the molecule is CC1CCCN1CCCOc1ccc(-c2ccc(N3CCC(O)CC3)nn2)cc1. The van der Waals surface area contributed by atoms with E-state index >= 15 is 0 Å². The van der Waals surface area contributed by atoms with Crippen LogP contribution in [0.25, 0.3) is 11.3 Å². The zero-order chi connectivity index (χ0) is 20.1. The van der Waals surface area contributed by atoms with Crippen molar-refractivity contribution in [1.29, 1.82) is 0 Å². The molecule has 6 nitrogen and oxygen atoms in total. The van der Waals surface area contributed by atoms with Crippen LogP contribution in [0.4, 0.5) is 5.82 Å². The first-order valence-electron chi connectivity index (χ1n) is 10.9. The maximum atomic E-state index is 9.64. The Morgan fingerprint density at radius 3 is 2.45 bits per heavy atom. The van der Waals surface area contributed by atoms with Gasteiger partial charge in [-0.25, -0.2) is 0 Å². The lowest BCUT2D eigenvalue weighted by molar-refractivity contribution is 0.145. The Morgan fingerprint density at radius 2 is 1.79 bits per heavy atom. The van der Waals surface area contributed by atoms with E-state index in [1.165, 1.54) is 19.4 Å². The highest BCUT2D eigenvalue weighted by molar-refractivity contribution is 5.60. The van der Waals surface area contributed by atoms with Gasteiger partial charge >= 0.3 is 0 Å². The number of likely N-dealkylation sites (tertiary alicyclic amines) is 1. The van der Waals surface area contributed by atoms with Gasteiger partial charge in [-0.3, -0.25) is 0 Å². The Labute approximate surface area is 173 Å². The number of piperidine rings is 1. The van der Waals surface area contributed by atoms with E-state index in [0.717, 1.165) is 74.4 Å². The number of hydrogen-bond donors (Lipinski definition) is 1. The summed E-state index contributed by atoms with van der Waals surface area (Å²) in [5, 5.41) is 18.4. The maximum absolute atomic E-state index is 9.64. The van der Waals surface area contributed by atoms with E-state index in [1.807, 2.05) is 36.4 Å². The van der Waals surface area contributed by atoms with Gasteiger partial charge < -0.3 is 19.6 Å². The fraction of sp³-hybridized carbons (Fsp3) is 0.565. The van der Waals surface area contributed by atoms with E-state index in [9.17, 15) is 5.11 Å². The van der Waals surface area contributed by atoms with Crippen molar-refractivity contribution in [3.8, 4) is 17.0 Å². The van der Waals surface area contributed by atoms with Gasteiger partial charge in [-0.1, -0.05) is 0 Å². The topological polar surface area (TPSA) is 61.7 Å². The van der Waals surface area contributed by atoms with Crippen molar-refractivity contribution in [2.45, 2.75) is 51.2 Å². The van der Waals surface area contributed by atoms with E-state index in [0.29, 0.717) is 0 Å². The van der Waals surface area contributed by atoms with E-state index < -0.39 is 0 Å². The Bertz CT molecular complexity index is 757. The Balaban J connectivity index is 1.26. The van der Waals surface area contributed by atoms with Crippen LogP contribution >= 0.6 is 0 Å². The standard InChI is InChI=1S/C23H32N4O2/c1-18-4-2-13-26(18)14-3-17-29-21-7-5-19(6-8-21)22-9-10-23(25-24-22)27-15-11-20(28)12-16-27/h5-10,18,20,28H,2-4,11-17H2,1H3. The van der Waals surface area contributed by atoms with Crippen molar-refractivity contribution < 1.29 is 9.84 Å². The monoisotopic (exact) mass is 396 g/mol. The highest BCUT2D eigenvalue weighted by atomic mass is 16.5. The summed E-state index contributed by atoms with van der Waals surface area (Å²) >= 11 is 0. The average molecular weight is 397 g/mol. The molecule has 1 atom stereocenters. The van der Waals surface area contributed by atoms with Crippen molar-refractivity contribution in [2.75, 3.05) is 37.7 Å². The molecule has 0 saturated carbocycles. The molecule has 0 aliphatic carbocycles. The molecule has 0 bridgehead atoms. The summed E-state index contributed by atoms with van der Waals surface area (Å²) in [6.45, 7) is 7.09. The Kier molecular flexibility index (Phi) is 6.62. The van der Waals surface area contributed by atoms with Crippen LogP contribution in [0.5, 0.6) is 5.75 Å². The summed E-state index contributed by atoms with van der Waals surface area (Å²) in [7, 11) is 0. The lowest BCUT2D eigenvalue weighted by Crippen LogP contribution is -2.36. The number of anilines is 1. The summed E-state index contributed by atoms with van der Waals surface area (Å²) in [4.78, 5) is 4.74. The zero-order valence-electron chi connectivity index (χ0n) is 17.3. The largest absolute Gasteiger partial charge is 0.494 e. The lowest BCUT2D eigenvalue weighted by Gasteiger charge is -2.30. The van der Waals surface area contributed by atoms with Gasteiger partial charge in [0, 0.05) is 31.2 Å². The van der Waals surface area contributed by atoms with Crippen LogP contribution in [0, 0.1) is 0 Å². The summed E-state index contributed by atoms with van der Waals surface area (Å²) in [5.41, 5.74) is 1.90. The van der Waals surface area contributed by atoms with Crippen molar-refractivity contribution in [3.05, 3.63) is 36.4 Å². The third-order valence-electron chi connectivity index (χ3n) is 6.14. The number of ether oxygens (including phenoxy) is 1. The minimum Gasteiger partial charge on any atom is -0.494 e. The normalized spacial score (nSPS) is 20.9. The van der Waals surface area contributed by atoms with Crippen molar-refractivity contribution in [2.24, 2.45) is 0 Å². The molecule has 2 aliphatic heterocycles. The molecule has 156 valence electrons. The van der Waals surface area contributed by atoms with E-state index in [-0.39, 0.29) is 6.10 Å². The fourth-order valence-electron chi connectivity index (χ4n) is 4.25. The molecule has 29 heavy (non-hydrogen) atoms. The smallest absolute Gasteiger partial charge is 0.151 e. The highest BCUT2D eigenvalue weighted by Gasteiger charge is 2.19. The van der Waals surface area contributed by atoms with Crippen molar-refractivity contribution in [1.82, 2.24) is 15.1 Å². The zero-order valence-corrected chi connectivity index (χ0v) is 17.3. The first-order chi connectivity index (χ1) is 14.2. The van der Waals surface area contributed by atoms with Crippen molar-refractivity contribution in [3.63, 3.8) is 0 Å². The van der Waals surface area contributed by atoms with Gasteiger partial charge in [0.05, 0.1) is 18.4 Å². The molecule has 2 fully saturated rings. The fourth-order valence-corrected chi connectivity index (χ4v) is 4.25. The highest BCUT2D eigenvalue weighted by Crippen LogP contribution is 2.23. The molecule has 3 heterocycles. The van der Waals surface area contributed by atoms with Crippen LogP contribution in [0.15, 0.2) is 36.4 Å². The van der Waals surface area contributed by atoms with Crippen LogP contribution in [-0.4, -0.2) is 65.1 Å². The lowest BCUT2D eigenvalue weighted by atomic mass is 10.1. The van der Waals surface area contributed by atoms with Gasteiger partial charge in [-0.2, -0.15) is 0 Å². The van der Waals surface area contributed by atoms with Crippen LogP contribution in [-0.2, 0) is 0 Å². The van der Waals surface area contributed by atoms with Gasteiger partial charge in [-0.05, 0) is 82.0 Å². The van der Waals surface area contributed by atoms with Crippen molar-refractivity contribution >= 4 is 5.82 Å². The first-order valence-corrected chi connectivity index (χ1v) is 10.9. The summed E-state index contributed by atoms with van der Waals surface area (Å²) in [5.74, 6) is 1.78. The molecule has 1 N–H and O–H groups in total. The molecule has 1 unspecified atom stereocenters. The Hall–Kier alpha value is -2.18. The predicted molar refractivity (Wildman–Crippen MR) is 115 cm³/mol. The summed E-state index contributed by atoms with van der Waals surface area (Å²) in [6, 6.07) is 12.9. The van der Waals surface area contributed by atoms with Crippen LogP contribution in [0.3, 0.4) is 0 Å². The number of aliphatic hydroxyl groups excluding tert-OH is 1. The minimum absolute atomic E-state index is 0.178. The number of aliphatic hydroxyl groups is 1. The predicted octanol–water partition coefficient (Wildman–Crippen LogP) is 3.36. The van der Waals surface area contributed by atoms with E-state index in [2.05, 4.69) is 26.9 Å². The summed E-state index contributed by atoms with van der Waals surface area (Å²) in [6.07, 6.45) is 5.13. The third kappa shape index (κ3) is 5.25. The molecule has 0 amide bonds.